The number of hydrogen-bond acceptors (Lipinski definition) is 4. The molecule has 106 valence electrons. The second-order valence-electron chi connectivity index (χ2n) is 4.45. The Bertz CT molecular complexity index is 794. The fourth-order valence-corrected chi connectivity index (χ4v) is 2.10. The van der Waals surface area contributed by atoms with Crippen LogP contribution in [0.5, 0.6) is 0 Å². The Morgan fingerprint density at radius 2 is 2.24 bits per heavy atom. The Hall–Kier alpha value is -2.60. The van der Waals surface area contributed by atoms with Crippen LogP contribution in [0.2, 0.25) is 5.02 Å². The first-order chi connectivity index (χ1) is 10.1. The van der Waals surface area contributed by atoms with Gasteiger partial charge in [-0.15, -0.1) is 0 Å². The van der Waals surface area contributed by atoms with Gasteiger partial charge in [-0.2, -0.15) is 5.10 Å². The van der Waals surface area contributed by atoms with Gasteiger partial charge in [0.15, 0.2) is 5.69 Å². The van der Waals surface area contributed by atoms with Gasteiger partial charge in [0.25, 0.3) is 5.91 Å². The summed E-state index contributed by atoms with van der Waals surface area (Å²) in [6.45, 7) is 1.72. The van der Waals surface area contributed by atoms with Gasteiger partial charge in [-0.05, 0) is 24.6 Å². The van der Waals surface area contributed by atoms with E-state index in [9.17, 15) is 4.79 Å². The topological polar surface area (TPSA) is 83.8 Å². The third-order valence-corrected chi connectivity index (χ3v) is 3.11. The number of aromatic nitrogens is 3. The van der Waals surface area contributed by atoms with E-state index in [1.54, 1.807) is 31.3 Å². The van der Waals surface area contributed by atoms with Crippen LogP contribution in [0.25, 0.3) is 11.1 Å². The lowest BCUT2D eigenvalue weighted by Gasteiger charge is -2.04. The quantitative estimate of drug-likeness (QED) is 0.777. The van der Waals surface area contributed by atoms with Gasteiger partial charge in [0.1, 0.15) is 11.6 Å². The monoisotopic (exact) mass is 302 g/mol. The first-order valence-corrected chi connectivity index (χ1v) is 6.55. The number of anilines is 1. The Balaban J connectivity index is 1.88. The fourth-order valence-electron chi connectivity index (χ4n) is 1.91. The molecule has 7 heteroatoms. The summed E-state index contributed by atoms with van der Waals surface area (Å²) in [4.78, 5) is 12.1. The zero-order chi connectivity index (χ0) is 14.8. The van der Waals surface area contributed by atoms with Crippen LogP contribution in [0, 0.1) is 6.92 Å². The lowest BCUT2D eigenvalue weighted by Crippen LogP contribution is -2.13. The number of hydrogen-bond donors (Lipinski definition) is 2. The minimum absolute atomic E-state index is 0.208. The minimum Gasteiger partial charge on any atom is -0.361 e. The van der Waals surface area contributed by atoms with Gasteiger partial charge in [-0.3, -0.25) is 9.89 Å². The molecule has 2 heterocycles. The molecule has 0 atom stereocenters. The van der Waals surface area contributed by atoms with E-state index in [2.05, 4.69) is 20.7 Å². The maximum absolute atomic E-state index is 12.1. The lowest BCUT2D eigenvalue weighted by molar-refractivity contribution is 0.101. The molecule has 0 bridgehead atoms. The van der Waals surface area contributed by atoms with Gasteiger partial charge in [-0.1, -0.05) is 28.9 Å². The van der Waals surface area contributed by atoms with Gasteiger partial charge in [0.2, 0.25) is 0 Å². The molecule has 21 heavy (non-hydrogen) atoms. The molecule has 0 spiro atoms. The summed E-state index contributed by atoms with van der Waals surface area (Å²) in [5.74, 6) is 0.669. The van der Waals surface area contributed by atoms with E-state index in [1.807, 2.05) is 12.1 Å². The fraction of sp³-hybridized carbons (Fsp3) is 0.0714. The number of carbonyl (C=O) groups is 1. The van der Waals surface area contributed by atoms with Crippen LogP contribution in [0.1, 0.15) is 16.2 Å². The molecule has 2 N–H and O–H groups in total. The number of amides is 1. The number of aryl methyl sites for hydroxylation is 1. The number of halogens is 1. The van der Waals surface area contributed by atoms with Crippen molar-refractivity contribution in [2.45, 2.75) is 6.92 Å². The van der Waals surface area contributed by atoms with Crippen molar-refractivity contribution >= 4 is 23.3 Å². The van der Waals surface area contributed by atoms with Gasteiger partial charge >= 0.3 is 0 Å². The molecule has 3 aromatic rings. The number of benzene rings is 1. The molecule has 0 unspecified atom stereocenters. The summed E-state index contributed by atoms with van der Waals surface area (Å²) in [7, 11) is 0. The van der Waals surface area contributed by atoms with E-state index in [1.165, 1.54) is 0 Å². The van der Waals surface area contributed by atoms with Crippen LogP contribution in [-0.4, -0.2) is 21.3 Å². The average Bonchev–Trinajstić information content (AvgIpc) is 3.08. The van der Waals surface area contributed by atoms with Crippen molar-refractivity contribution in [2.75, 3.05) is 5.32 Å². The molecule has 2 aromatic heterocycles. The van der Waals surface area contributed by atoms with E-state index in [0.717, 1.165) is 11.1 Å². The Morgan fingerprint density at radius 3 is 2.95 bits per heavy atom. The SMILES string of the molecule is Cc1cc(C(=O)Nc2[nH]ncc2-c2cccc(Cl)c2)no1. The first kappa shape index (κ1) is 13.4. The van der Waals surface area contributed by atoms with Crippen molar-refractivity contribution in [1.82, 2.24) is 15.4 Å². The van der Waals surface area contributed by atoms with Crippen LogP contribution in [0.15, 0.2) is 41.1 Å². The van der Waals surface area contributed by atoms with Crippen LogP contribution in [0.4, 0.5) is 5.82 Å². The van der Waals surface area contributed by atoms with Crippen molar-refractivity contribution in [3.63, 3.8) is 0 Å². The average molecular weight is 303 g/mol. The van der Waals surface area contributed by atoms with Crippen LogP contribution in [-0.2, 0) is 0 Å². The summed E-state index contributed by atoms with van der Waals surface area (Å²) in [6.07, 6.45) is 1.62. The van der Waals surface area contributed by atoms with Crippen molar-refractivity contribution < 1.29 is 9.32 Å². The van der Waals surface area contributed by atoms with E-state index in [-0.39, 0.29) is 11.6 Å². The molecule has 0 saturated heterocycles. The van der Waals surface area contributed by atoms with Gasteiger partial charge < -0.3 is 9.84 Å². The third-order valence-electron chi connectivity index (χ3n) is 2.87. The van der Waals surface area contributed by atoms with Gasteiger partial charge in [0.05, 0.1) is 6.20 Å². The highest BCUT2D eigenvalue weighted by Crippen LogP contribution is 2.28. The van der Waals surface area contributed by atoms with E-state index < -0.39 is 0 Å². The van der Waals surface area contributed by atoms with Crippen LogP contribution in [0.3, 0.4) is 0 Å². The molecule has 0 aliphatic carbocycles. The summed E-state index contributed by atoms with van der Waals surface area (Å²) in [5.41, 5.74) is 1.80. The molecule has 0 fully saturated rings. The van der Waals surface area contributed by atoms with Crippen molar-refractivity contribution in [3.8, 4) is 11.1 Å². The smallest absolute Gasteiger partial charge is 0.279 e. The van der Waals surface area contributed by atoms with Crippen molar-refractivity contribution in [1.29, 1.82) is 0 Å². The Labute approximate surface area is 125 Å². The van der Waals surface area contributed by atoms with E-state index >= 15 is 0 Å². The molecule has 3 rings (SSSR count). The molecule has 0 saturated carbocycles. The van der Waals surface area contributed by atoms with Crippen molar-refractivity contribution in [2.24, 2.45) is 0 Å². The highest BCUT2D eigenvalue weighted by molar-refractivity contribution is 6.30. The lowest BCUT2D eigenvalue weighted by atomic mass is 10.1. The molecule has 0 radical (unpaired) electrons. The number of nitrogens with zero attached hydrogens (tertiary/aromatic N) is 2. The molecule has 0 aliphatic heterocycles. The summed E-state index contributed by atoms with van der Waals surface area (Å²) >= 11 is 5.98. The highest BCUT2D eigenvalue weighted by Gasteiger charge is 2.15. The molecule has 6 nitrogen and oxygen atoms in total. The standard InChI is InChI=1S/C14H11ClN4O2/c1-8-5-12(19-21-8)14(20)17-13-11(7-16-18-13)9-3-2-4-10(15)6-9/h2-7H,1H3,(H2,16,17,18,20). The van der Waals surface area contributed by atoms with Gasteiger partial charge in [0, 0.05) is 16.7 Å². The third kappa shape index (κ3) is 2.80. The summed E-state index contributed by atoms with van der Waals surface area (Å²) in [5, 5.41) is 13.7. The second kappa shape index (κ2) is 5.41. The second-order valence-corrected chi connectivity index (χ2v) is 4.88. The molecule has 1 amide bonds. The van der Waals surface area contributed by atoms with Crippen LogP contribution >= 0.6 is 11.6 Å². The first-order valence-electron chi connectivity index (χ1n) is 6.17. The molecular weight excluding hydrogens is 292 g/mol. The van der Waals surface area contributed by atoms with E-state index in [0.29, 0.717) is 16.6 Å². The zero-order valence-electron chi connectivity index (χ0n) is 11.1. The number of nitrogens with one attached hydrogen (secondary N) is 2. The largest absolute Gasteiger partial charge is 0.361 e. The van der Waals surface area contributed by atoms with Gasteiger partial charge in [-0.25, -0.2) is 0 Å². The summed E-state index contributed by atoms with van der Waals surface area (Å²) < 4.78 is 4.88. The predicted octanol–water partition coefficient (Wildman–Crippen LogP) is 3.28. The normalized spacial score (nSPS) is 10.6. The minimum atomic E-state index is -0.376. The van der Waals surface area contributed by atoms with Crippen LogP contribution < -0.4 is 5.32 Å². The number of carbonyl (C=O) groups excluding carboxylic acids is 1. The Kier molecular flexibility index (Phi) is 3.45. The number of aromatic amines is 1. The molecule has 1 aromatic carbocycles. The maximum atomic E-state index is 12.1. The number of H-pyrrole nitrogens is 1. The maximum Gasteiger partial charge on any atom is 0.279 e. The highest BCUT2D eigenvalue weighted by atomic mass is 35.5. The molecular formula is C14H11ClN4O2. The van der Waals surface area contributed by atoms with E-state index in [4.69, 9.17) is 16.1 Å². The van der Waals surface area contributed by atoms with Crippen molar-refractivity contribution in [3.05, 3.63) is 53.0 Å². The summed E-state index contributed by atoms with van der Waals surface area (Å²) in [6, 6.07) is 8.85. The number of rotatable bonds is 3. The predicted molar refractivity (Wildman–Crippen MR) is 78.2 cm³/mol. The molecule has 0 aliphatic rings. The Morgan fingerprint density at radius 1 is 1.38 bits per heavy atom. The zero-order valence-corrected chi connectivity index (χ0v) is 11.8.